The number of aromatic amines is 1. The second kappa shape index (κ2) is 5.76. The first kappa shape index (κ1) is 13.3. The van der Waals surface area contributed by atoms with Gasteiger partial charge in [0.25, 0.3) is 0 Å². The van der Waals surface area contributed by atoms with Crippen molar-refractivity contribution in [2.24, 2.45) is 5.73 Å². The van der Waals surface area contributed by atoms with Gasteiger partial charge in [0.05, 0.1) is 0 Å². The van der Waals surface area contributed by atoms with Gasteiger partial charge < -0.3 is 11.1 Å². The largest absolute Gasteiger partial charge is 0.364 e. The molecule has 0 radical (unpaired) electrons. The van der Waals surface area contributed by atoms with Crippen molar-refractivity contribution in [1.29, 1.82) is 0 Å². The summed E-state index contributed by atoms with van der Waals surface area (Å²) in [4.78, 5) is 11.5. The number of benzene rings is 1. The fourth-order valence-corrected chi connectivity index (χ4v) is 2.13. The number of anilines is 2. The quantitative estimate of drug-likeness (QED) is 0.650. The van der Waals surface area contributed by atoms with Gasteiger partial charge in [0.1, 0.15) is 0 Å². The first-order chi connectivity index (χ1) is 10.3. The fourth-order valence-electron chi connectivity index (χ4n) is 2.13. The Balaban J connectivity index is 1.84. The summed E-state index contributed by atoms with van der Waals surface area (Å²) >= 11 is 0. The number of aromatic nitrogens is 4. The van der Waals surface area contributed by atoms with Gasteiger partial charge in [-0.3, -0.25) is 0 Å². The Labute approximate surface area is 120 Å². The van der Waals surface area contributed by atoms with Gasteiger partial charge in [0, 0.05) is 5.69 Å². The monoisotopic (exact) mass is 284 g/mol. The predicted molar refractivity (Wildman–Crippen MR) is 80.7 cm³/mol. The summed E-state index contributed by atoms with van der Waals surface area (Å²) in [6.45, 7) is 0.680. The Morgan fingerprint density at radius 3 is 3.05 bits per heavy atom. The van der Waals surface area contributed by atoms with E-state index in [1.807, 2.05) is 12.1 Å². The predicted octanol–water partition coefficient (Wildman–Crippen LogP) is 1.05. The normalized spacial score (nSPS) is 10.9. The molecule has 0 spiro atoms. The zero-order chi connectivity index (χ0) is 14.7. The van der Waals surface area contributed by atoms with Gasteiger partial charge in [0.2, 0.25) is 0 Å². The van der Waals surface area contributed by atoms with Crippen LogP contribution in [0.4, 0.5) is 11.5 Å². The molecule has 21 heavy (non-hydrogen) atoms. The Bertz CT molecular complexity index is 806. The van der Waals surface area contributed by atoms with Crippen LogP contribution in [-0.4, -0.2) is 26.4 Å². The zero-order valence-electron chi connectivity index (χ0n) is 11.4. The first-order valence-electron chi connectivity index (χ1n) is 6.77. The van der Waals surface area contributed by atoms with Crippen LogP contribution in [0.3, 0.4) is 0 Å². The van der Waals surface area contributed by atoms with Crippen LogP contribution in [-0.2, 0) is 6.42 Å². The molecule has 0 saturated heterocycles. The number of nitrogens with one attached hydrogen (secondary N) is 2. The van der Waals surface area contributed by atoms with Crippen molar-refractivity contribution >= 4 is 17.2 Å². The van der Waals surface area contributed by atoms with Crippen molar-refractivity contribution in [2.45, 2.75) is 12.8 Å². The number of aryl methyl sites for hydroxylation is 1. The van der Waals surface area contributed by atoms with E-state index in [4.69, 9.17) is 5.73 Å². The molecule has 0 bridgehead atoms. The third kappa shape index (κ3) is 2.92. The molecule has 0 fully saturated rings. The van der Waals surface area contributed by atoms with E-state index < -0.39 is 0 Å². The molecule has 0 aliphatic carbocycles. The van der Waals surface area contributed by atoms with Gasteiger partial charge in [-0.2, -0.15) is 9.61 Å². The molecule has 2 aromatic heterocycles. The fraction of sp³-hybridized carbons (Fsp3) is 0.214. The van der Waals surface area contributed by atoms with E-state index in [-0.39, 0.29) is 5.69 Å². The summed E-state index contributed by atoms with van der Waals surface area (Å²) in [7, 11) is 0. The third-order valence-electron chi connectivity index (χ3n) is 3.14. The standard InChI is InChI=1S/C14H16N6O/c15-8-2-4-10-3-1-5-11(9-10)16-12-6-7-13-17-18-14(21)20(13)19-12/h1,3,5-7,9H,2,4,8,15H2,(H,16,19)(H,18,21). The van der Waals surface area contributed by atoms with Crippen molar-refractivity contribution in [2.75, 3.05) is 11.9 Å². The third-order valence-corrected chi connectivity index (χ3v) is 3.14. The second-order valence-electron chi connectivity index (χ2n) is 4.73. The molecular formula is C14H16N6O. The van der Waals surface area contributed by atoms with E-state index in [0.717, 1.165) is 18.5 Å². The molecule has 1 aromatic carbocycles. The second-order valence-corrected chi connectivity index (χ2v) is 4.73. The van der Waals surface area contributed by atoms with Crippen LogP contribution in [0.2, 0.25) is 0 Å². The molecule has 7 nitrogen and oxygen atoms in total. The lowest BCUT2D eigenvalue weighted by molar-refractivity contribution is 0.833. The Hall–Kier alpha value is -2.67. The molecule has 3 rings (SSSR count). The number of nitrogens with zero attached hydrogens (tertiary/aromatic N) is 3. The molecule has 108 valence electrons. The van der Waals surface area contributed by atoms with E-state index in [1.54, 1.807) is 12.1 Å². The van der Waals surface area contributed by atoms with Gasteiger partial charge in [-0.25, -0.2) is 9.89 Å². The highest BCUT2D eigenvalue weighted by Crippen LogP contribution is 2.16. The average molecular weight is 284 g/mol. The van der Waals surface area contributed by atoms with Crippen LogP contribution >= 0.6 is 0 Å². The minimum atomic E-state index is -0.356. The Morgan fingerprint density at radius 1 is 1.29 bits per heavy atom. The SMILES string of the molecule is NCCCc1cccc(Nc2ccc3n[nH]c(=O)n3n2)c1. The maximum absolute atomic E-state index is 11.5. The van der Waals surface area contributed by atoms with Crippen molar-refractivity contribution in [3.63, 3.8) is 0 Å². The molecule has 0 atom stereocenters. The van der Waals surface area contributed by atoms with Crippen LogP contribution in [0.1, 0.15) is 12.0 Å². The maximum atomic E-state index is 11.5. The summed E-state index contributed by atoms with van der Waals surface area (Å²) in [6.07, 6.45) is 1.90. The van der Waals surface area contributed by atoms with Crippen molar-refractivity contribution < 1.29 is 0 Å². The first-order valence-corrected chi connectivity index (χ1v) is 6.77. The molecule has 3 aromatic rings. The Kier molecular flexibility index (Phi) is 3.65. The van der Waals surface area contributed by atoms with Crippen molar-refractivity contribution in [3.05, 3.63) is 52.4 Å². The molecule has 0 aliphatic heterocycles. The van der Waals surface area contributed by atoms with Crippen molar-refractivity contribution in [3.8, 4) is 0 Å². The average Bonchev–Trinajstić information content (AvgIpc) is 2.87. The van der Waals surface area contributed by atoms with E-state index in [9.17, 15) is 4.79 Å². The van der Waals surface area contributed by atoms with Gasteiger partial charge >= 0.3 is 5.69 Å². The molecular weight excluding hydrogens is 268 g/mol. The lowest BCUT2D eigenvalue weighted by atomic mass is 10.1. The summed E-state index contributed by atoms with van der Waals surface area (Å²) in [5, 5.41) is 13.6. The minimum absolute atomic E-state index is 0.356. The van der Waals surface area contributed by atoms with Crippen molar-refractivity contribution in [1.82, 2.24) is 19.8 Å². The van der Waals surface area contributed by atoms with Gasteiger partial charge in [-0.1, -0.05) is 12.1 Å². The van der Waals surface area contributed by atoms with Crippen LogP contribution in [0, 0.1) is 0 Å². The van der Waals surface area contributed by atoms with Crippen LogP contribution in [0.25, 0.3) is 5.65 Å². The highest BCUT2D eigenvalue weighted by atomic mass is 16.2. The number of hydrogen-bond acceptors (Lipinski definition) is 5. The summed E-state index contributed by atoms with van der Waals surface area (Å²) in [5.74, 6) is 0.585. The Morgan fingerprint density at radius 2 is 2.19 bits per heavy atom. The number of nitrogens with two attached hydrogens (primary N) is 1. The van der Waals surface area contributed by atoms with Gasteiger partial charge in [0.15, 0.2) is 11.5 Å². The van der Waals surface area contributed by atoms with E-state index in [0.29, 0.717) is 18.0 Å². The molecule has 0 aliphatic rings. The van der Waals surface area contributed by atoms with Crippen LogP contribution < -0.4 is 16.7 Å². The van der Waals surface area contributed by atoms with Gasteiger partial charge in [-0.05, 0) is 49.2 Å². The van der Waals surface area contributed by atoms with Crippen LogP contribution in [0.5, 0.6) is 0 Å². The number of H-pyrrole nitrogens is 1. The smallest absolute Gasteiger partial charge is 0.339 e. The number of fused-ring (bicyclic) bond motifs is 1. The lowest BCUT2D eigenvalue weighted by Gasteiger charge is -2.07. The van der Waals surface area contributed by atoms with Gasteiger partial charge in [-0.15, -0.1) is 5.10 Å². The topological polar surface area (TPSA) is 101 Å². The number of rotatable bonds is 5. The molecule has 0 amide bonds. The molecule has 4 N–H and O–H groups in total. The summed E-state index contributed by atoms with van der Waals surface area (Å²) in [6, 6.07) is 11.6. The molecule has 0 unspecified atom stereocenters. The number of hydrogen-bond donors (Lipinski definition) is 3. The summed E-state index contributed by atoms with van der Waals surface area (Å²) in [5.41, 5.74) is 7.80. The molecule has 7 heteroatoms. The van der Waals surface area contributed by atoms with E-state index in [2.05, 4.69) is 32.7 Å². The zero-order valence-corrected chi connectivity index (χ0v) is 11.4. The van der Waals surface area contributed by atoms with E-state index in [1.165, 1.54) is 10.1 Å². The molecule has 2 heterocycles. The lowest BCUT2D eigenvalue weighted by Crippen LogP contribution is -2.13. The summed E-state index contributed by atoms with van der Waals surface area (Å²) < 4.78 is 1.22. The molecule has 0 saturated carbocycles. The minimum Gasteiger partial charge on any atom is -0.339 e. The highest BCUT2D eigenvalue weighted by molar-refractivity contribution is 5.57. The maximum Gasteiger partial charge on any atom is 0.364 e. The van der Waals surface area contributed by atoms with Crippen LogP contribution in [0.15, 0.2) is 41.2 Å². The van der Waals surface area contributed by atoms with E-state index >= 15 is 0 Å². The highest BCUT2D eigenvalue weighted by Gasteiger charge is 2.03.